The van der Waals surface area contributed by atoms with Gasteiger partial charge in [-0.25, -0.2) is 0 Å². The molecule has 1 aromatic carbocycles. The fourth-order valence-corrected chi connectivity index (χ4v) is 1.93. The Morgan fingerprint density at radius 1 is 1.28 bits per heavy atom. The van der Waals surface area contributed by atoms with Crippen molar-refractivity contribution in [3.63, 3.8) is 0 Å². The Morgan fingerprint density at radius 2 is 2.00 bits per heavy atom. The van der Waals surface area contributed by atoms with Crippen LogP contribution in [0.25, 0.3) is 0 Å². The van der Waals surface area contributed by atoms with Crippen molar-refractivity contribution in [1.29, 1.82) is 0 Å². The van der Waals surface area contributed by atoms with Crippen LogP contribution in [0.2, 0.25) is 0 Å². The monoisotopic (exact) mass is 306 g/mol. The van der Waals surface area contributed by atoms with Gasteiger partial charge in [-0.1, -0.05) is 28.1 Å². The summed E-state index contributed by atoms with van der Waals surface area (Å²) in [4.78, 5) is 19.3. The highest BCUT2D eigenvalue weighted by atomic mass is 79.9. The Hall–Kier alpha value is -1.75. The van der Waals surface area contributed by atoms with Gasteiger partial charge in [0.05, 0.1) is 5.69 Å². The first-order chi connectivity index (χ1) is 8.66. The third kappa shape index (κ3) is 3.13. The van der Waals surface area contributed by atoms with Crippen molar-refractivity contribution in [2.75, 3.05) is 0 Å². The van der Waals surface area contributed by atoms with E-state index in [2.05, 4.69) is 25.9 Å². The van der Waals surface area contributed by atoms with Gasteiger partial charge in [-0.3, -0.25) is 14.8 Å². The van der Waals surface area contributed by atoms with Gasteiger partial charge < -0.3 is 5.11 Å². The summed E-state index contributed by atoms with van der Waals surface area (Å²) >= 11 is 3.35. The number of carbonyl (C=O) groups is 1. The zero-order valence-corrected chi connectivity index (χ0v) is 11.0. The SMILES string of the molecule is O=C(O)C(Cc1ccc(Br)cc1)c1cnccn1. The van der Waals surface area contributed by atoms with Gasteiger partial charge in [0, 0.05) is 23.1 Å². The number of rotatable bonds is 4. The Kier molecular flexibility index (Phi) is 4.04. The molecule has 2 aromatic rings. The summed E-state index contributed by atoms with van der Waals surface area (Å²) in [7, 11) is 0. The van der Waals surface area contributed by atoms with Crippen LogP contribution in [0.4, 0.5) is 0 Å². The molecule has 0 fully saturated rings. The molecule has 0 spiro atoms. The van der Waals surface area contributed by atoms with Crippen LogP contribution in [0.1, 0.15) is 17.2 Å². The van der Waals surface area contributed by atoms with Gasteiger partial charge in [0.2, 0.25) is 0 Å². The van der Waals surface area contributed by atoms with E-state index < -0.39 is 11.9 Å². The van der Waals surface area contributed by atoms with Crippen LogP contribution in [0.3, 0.4) is 0 Å². The van der Waals surface area contributed by atoms with Gasteiger partial charge in [0.1, 0.15) is 5.92 Å². The number of benzene rings is 1. The summed E-state index contributed by atoms with van der Waals surface area (Å²) in [5.41, 5.74) is 1.43. The minimum atomic E-state index is -0.890. The lowest BCUT2D eigenvalue weighted by molar-refractivity contribution is -0.138. The molecule has 0 radical (unpaired) electrons. The lowest BCUT2D eigenvalue weighted by atomic mass is 9.96. The predicted molar refractivity (Wildman–Crippen MR) is 70.3 cm³/mol. The van der Waals surface area contributed by atoms with Gasteiger partial charge in [-0.05, 0) is 24.1 Å². The Bertz CT molecular complexity index is 528. The zero-order chi connectivity index (χ0) is 13.0. The first-order valence-corrected chi connectivity index (χ1v) is 6.19. The quantitative estimate of drug-likeness (QED) is 0.943. The molecule has 0 aliphatic carbocycles. The number of carboxylic acids is 1. The fourth-order valence-electron chi connectivity index (χ4n) is 1.67. The Morgan fingerprint density at radius 3 is 2.56 bits per heavy atom. The second kappa shape index (κ2) is 5.73. The molecular weight excluding hydrogens is 296 g/mol. The number of carboxylic acid groups (broad SMARTS) is 1. The van der Waals surface area contributed by atoms with E-state index in [1.54, 1.807) is 0 Å². The van der Waals surface area contributed by atoms with Crippen LogP contribution in [0.15, 0.2) is 47.3 Å². The molecule has 0 aliphatic rings. The predicted octanol–water partition coefficient (Wildman–Crippen LogP) is 2.65. The first-order valence-electron chi connectivity index (χ1n) is 5.40. The molecule has 1 heterocycles. The lowest BCUT2D eigenvalue weighted by Crippen LogP contribution is -2.16. The number of hydrogen-bond donors (Lipinski definition) is 1. The van der Waals surface area contributed by atoms with E-state index in [1.807, 2.05) is 24.3 Å². The van der Waals surface area contributed by atoms with Crippen molar-refractivity contribution in [2.45, 2.75) is 12.3 Å². The van der Waals surface area contributed by atoms with Crippen molar-refractivity contribution >= 4 is 21.9 Å². The average molecular weight is 307 g/mol. The minimum absolute atomic E-state index is 0.404. The molecule has 1 N–H and O–H groups in total. The summed E-state index contributed by atoms with van der Waals surface area (Å²) in [6, 6.07) is 7.59. The molecule has 92 valence electrons. The molecule has 1 unspecified atom stereocenters. The molecule has 4 nitrogen and oxygen atoms in total. The zero-order valence-electron chi connectivity index (χ0n) is 9.45. The van der Waals surface area contributed by atoms with Gasteiger partial charge in [0.25, 0.3) is 0 Å². The molecule has 1 aromatic heterocycles. The van der Waals surface area contributed by atoms with E-state index in [-0.39, 0.29) is 0 Å². The molecule has 0 saturated carbocycles. The molecule has 0 aliphatic heterocycles. The van der Waals surface area contributed by atoms with Crippen LogP contribution in [0, 0.1) is 0 Å². The van der Waals surface area contributed by atoms with Gasteiger partial charge in [-0.15, -0.1) is 0 Å². The Balaban J connectivity index is 2.22. The molecule has 0 amide bonds. The van der Waals surface area contributed by atoms with Crippen LogP contribution >= 0.6 is 15.9 Å². The maximum Gasteiger partial charge on any atom is 0.312 e. The number of nitrogens with zero attached hydrogens (tertiary/aromatic N) is 2. The van der Waals surface area contributed by atoms with E-state index in [9.17, 15) is 9.90 Å². The standard InChI is InChI=1S/C13H11BrN2O2/c14-10-3-1-9(2-4-10)7-11(13(17)18)12-8-15-5-6-16-12/h1-6,8,11H,7H2,(H,17,18). The van der Waals surface area contributed by atoms with Crippen molar-refractivity contribution in [3.8, 4) is 0 Å². The van der Waals surface area contributed by atoms with Crippen molar-refractivity contribution in [1.82, 2.24) is 9.97 Å². The van der Waals surface area contributed by atoms with E-state index in [1.165, 1.54) is 18.6 Å². The number of halogens is 1. The smallest absolute Gasteiger partial charge is 0.312 e. The molecular formula is C13H11BrN2O2. The van der Waals surface area contributed by atoms with E-state index in [0.29, 0.717) is 12.1 Å². The van der Waals surface area contributed by atoms with Gasteiger partial charge in [0.15, 0.2) is 0 Å². The second-order valence-corrected chi connectivity index (χ2v) is 4.77. The summed E-state index contributed by atoms with van der Waals surface area (Å²) in [5.74, 6) is -1.56. The van der Waals surface area contributed by atoms with Crippen molar-refractivity contribution in [2.24, 2.45) is 0 Å². The highest BCUT2D eigenvalue weighted by molar-refractivity contribution is 9.10. The fraction of sp³-hybridized carbons (Fsp3) is 0.154. The number of hydrogen-bond acceptors (Lipinski definition) is 3. The summed E-state index contributed by atoms with van der Waals surface area (Å²) in [5, 5.41) is 9.27. The van der Waals surface area contributed by atoms with Crippen molar-refractivity contribution < 1.29 is 9.90 Å². The van der Waals surface area contributed by atoms with Crippen LogP contribution in [-0.2, 0) is 11.2 Å². The van der Waals surface area contributed by atoms with E-state index in [4.69, 9.17) is 0 Å². The largest absolute Gasteiger partial charge is 0.481 e. The number of aromatic nitrogens is 2. The molecule has 0 bridgehead atoms. The third-order valence-corrected chi connectivity index (χ3v) is 3.12. The summed E-state index contributed by atoms with van der Waals surface area (Å²) in [6.45, 7) is 0. The molecule has 0 saturated heterocycles. The maximum absolute atomic E-state index is 11.3. The van der Waals surface area contributed by atoms with Gasteiger partial charge >= 0.3 is 5.97 Å². The molecule has 1 atom stereocenters. The average Bonchev–Trinajstić information content (AvgIpc) is 2.38. The van der Waals surface area contributed by atoms with Crippen LogP contribution < -0.4 is 0 Å². The first kappa shape index (κ1) is 12.7. The molecule has 5 heteroatoms. The highest BCUT2D eigenvalue weighted by Crippen LogP contribution is 2.20. The summed E-state index contributed by atoms with van der Waals surface area (Å²) < 4.78 is 0.970. The minimum Gasteiger partial charge on any atom is -0.481 e. The van der Waals surface area contributed by atoms with E-state index >= 15 is 0 Å². The normalized spacial score (nSPS) is 12.1. The lowest BCUT2D eigenvalue weighted by Gasteiger charge is -2.11. The topological polar surface area (TPSA) is 63.1 Å². The van der Waals surface area contributed by atoms with Crippen molar-refractivity contribution in [3.05, 3.63) is 58.6 Å². The molecule has 18 heavy (non-hydrogen) atoms. The third-order valence-electron chi connectivity index (χ3n) is 2.59. The van der Waals surface area contributed by atoms with Crippen LogP contribution in [-0.4, -0.2) is 21.0 Å². The second-order valence-electron chi connectivity index (χ2n) is 3.85. The Labute approximate surface area is 113 Å². The maximum atomic E-state index is 11.3. The van der Waals surface area contributed by atoms with Gasteiger partial charge in [-0.2, -0.15) is 0 Å². The highest BCUT2D eigenvalue weighted by Gasteiger charge is 2.21. The number of aliphatic carboxylic acids is 1. The van der Waals surface area contributed by atoms with E-state index in [0.717, 1.165) is 10.0 Å². The molecule has 2 rings (SSSR count). The summed E-state index contributed by atoms with van der Waals surface area (Å²) in [6.07, 6.45) is 4.94. The van der Waals surface area contributed by atoms with Crippen LogP contribution in [0.5, 0.6) is 0 Å².